The molecule has 0 aromatic heterocycles. The highest BCUT2D eigenvalue weighted by atomic mass is 31.2. The van der Waals surface area contributed by atoms with Crippen LogP contribution < -0.4 is 0 Å². The van der Waals surface area contributed by atoms with E-state index in [-0.39, 0.29) is 19.8 Å². The molecule has 0 spiro atoms. The summed E-state index contributed by atoms with van der Waals surface area (Å²) in [6.45, 7) is 10.7. The Morgan fingerprint density at radius 1 is 0.659 bits per heavy atom. The summed E-state index contributed by atoms with van der Waals surface area (Å²) >= 11 is 0. The monoisotopic (exact) mass is 609 g/mol. The van der Waals surface area contributed by atoms with Crippen LogP contribution in [0, 0.1) is 0 Å². The Kier molecular flexibility index (Phi) is 27.2. The molecule has 10 heteroatoms. The molecule has 0 aromatic carbocycles. The van der Waals surface area contributed by atoms with Crippen LogP contribution in [0.15, 0.2) is 0 Å². The Balaban J connectivity index is 2.22. The van der Waals surface area contributed by atoms with E-state index < -0.39 is 13.9 Å². The summed E-state index contributed by atoms with van der Waals surface area (Å²) in [4.78, 5) is 12.5. The van der Waals surface area contributed by atoms with Gasteiger partial charge in [-0.25, -0.2) is 4.57 Å². The maximum atomic E-state index is 12.4. The average molecular weight is 610 g/mol. The number of ether oxygens (including phenoxy) is 4. The van der Waals surface area contributed by atoms with Gasteiger partial charge in [0.2, 0.25) is 0 Å². The first kappa shape index (κ1) is 38.9. The van der Waals surface area contributed by atoms with E-state index in [2.05, 4.69) is 18.7 Å². The quantitative estimate of drug-likeness (QED) is 0.101. The van der Waals surface area contributed by atoms with Crippen molar-refractivity contribution < 1.29 is 37.5 Å². The van der Waals surface area contributed by atoms with Gasteiger partial charge in [0.15, 0.2) is 0 Å². The Bertz CT molecular complexity index is 600. The summed E-state index contributed by atoms with van der Waals surface area (Å²) in [5.74, 6) is 0. The molecule has 1 N–H and O–H groups in total. The van der Waals surface area contributed by atoms with Gasteiger partial charge in [-0.15, -0.1) is 0 Å². The fraction of sp³-hybridized carbons (Fsp3) is 1.00. The lowest BCUT2D eigenvalue weighted by Gasteiger charge is -2.22. The molecule has 246 valence electrons. The van der Waals surface area contributed by atoms with E-state index in [0.717, 1.165) is 38.9 Å². The van der Waals surface area contributed by atoms with Crippen LogP contribution in [-0.4, -0.2) is 95.0 Å². The highest BCUT2D eigenvalue weighted by Gasteiger charge is 2.24. The molecular formula is C31H64NO8P. The Morgan fingerprint density at radius 2 is 1.17 bits per heavy atom. The van der Waals surface area contributed by atoms with Crippen molar-refractivity contribution >= 4 is 7.82 Å². The zero-order valence-electron chi connectivity index (χ0n) is 26.6. The SMILES string of the molecule is CCCCCCCCCCCCOP(=O)(O)OCC1COCCOCCN(CCCCCCCC)CCOCCO1. The van der Waals surface area contributed by atoms with Crippen LogP contribution in [0.4, 0.5) is 0 Å². The Morgan fingerprint density at radius 3 is 1.78 bits per heavy atom. The van der Waals surface area contributed by atoms with Gasteiger partial charge in [0.25, 0.3) is 0 Å². The standard InChI is InChI=1S/C31H64NO8P/c1-3-5-7-9-11-12-13-14-16-18-22-39-41(33,34)40-30-31-29-37-26-25-35-23-20-32(21-24-36-27-28-38-31)19-17-15-10-8-6-4-2/h31H,3-30H2,1-2H3,(H,33,34). The number of phosphoric acid groups is 1. The van der Waals surface area contributed by atoms with Crippen LogP contribution in [0.25, 0.3) is 0 Å². The lowest BCUT2D eigenvalue weighted by molar-refractivity contribution is -0.0642. The fourth-order valence-electron chi connectivity index (χ4n) is 4.78. The van der Waals surface area contributed by atoms with Crippen molar-refractivity contribution in [1.82, 2.24) is 4.90 Å². The second-order valence-electron chi connectivity index (χ2n) is 11.2. The molecular weight excluding hydrogens is 545 g/mol. The van der Waals surface area contributed by atoms with Gasteiger partial charge < -0.3 is 23.8 Å². The third-order valence-corrected chi connectivity index (χ3v) is 8.35. The minimum atomic E-state index is -4.14. The summed E-state index contributed by atoms with van der Waals surface area (Å²) < 4.78 is 45.9. The van der Waals surface area contributed by atoms with Crippen molar-refractivity contribution in [2.45, 2.75) is 123 Å². The van der Waals surface area contributed by atoms with Crippen molar-refractivity contribution in [2.75, 3.05) is 79.1 Å². The van der Waals surface area contributed by atoms with Crippen LogP contribution in [0.3, 0.4) is 0 Å². The van der Waals surface area contributed by atoms with Crippen LogP contribution in [0.1, 0.15) is 117 Å². The number of phosphoric ester groups is 1. The highest BCUT2D eigenvalue weighted by Crippen LogP contribution is 2.43. The van der Waals surface area contributed by atoms with E-state index in [1.54, 1.807) is 0 Å². The zero-order valence-corrected chi connectivity index (χ0v) is 27.5. The molecule has 1 fully saturated rings. The van der Waals surface area contributed by atoms with Crippen molar-refractivity contribution in [2.24, 2.45) is 0 Å². The van der Waals surface area contributed by atoms with Gasteiger partial charge in [-0.05, 0) is 19.4 Å². The summed E-state index contributed by atoms with van der Waals surface area (Å²) in [5.41, 5.74) is 0. The molecule has 1 aliphatic heterocycles. The fourth-order valence-corrected chi connectivity index (χ4v) is 5.57. The van der Waals surface area contributed by atoms with E-state index in [1.165, 1.54) is 83.5 Å². The van der Waals surface area contributed by atoms with Crippen molar-refractivity contribution in [3.8, 4) is 0 Å². The minimum Gasteiger partial charge on any atom is -0.378 e. The third-order valence-electron chi connectivity index (χ3n) is 7.36. The molecule has 2 unspecified atom stereocenters. The van der Waals surface area contributed by atoms with Crippen molar-refractivity contribution in [3.63, 3.8) is 0 Å². The number of hydrogen-bond donors (Lipinski definition) is 1. The van der Waals surface area contributed by atoms with Crippen molar-refractivity contribution in [3.05, 3.63) is 0 Å². The maximum absolute atomic E-state index is 12.4. The molecule has 1 rings (SSSR count). The molecule has 1 aliphatic rings. The van der Waals surface area contributed by atoms with E-state index >= 15 is 0 Å². The minimum absolute atomic E-state index is 0.0846. The normalized spacial score (nSPS) is 20.3. The molecule has 0 saturated carbocycles. The van der Waals surface area contributed by atoms with Crippen LogP contribution in [0.2, 0.25) is 0 Å². The van der Waals surface area contributed by atoms with E-state index in [1.807, 2.05) is 0 Å². The second-order valence-corrected chi connectivity index (χ2v) is 12.6. The summed E-state index contributed by atoms with van der Waals surface area (Å²) in [5, 5.41) is 0. The van der Waals surface area contributed by atoms with Gasteiger partial charge in [0, 0.05) is 13.1 Å². The number of hydrogen-bond acceptors (Lipinski definition) is 8. The zero-order chi connectivity index (χ0) is 29.7. The van der Waals surface area contributed by atoms with Crippen molar-refractivity contribution in [1.29, 1.82) is 0 Å². The summed E-state index contributed by atoms with van der Waals surface area (Å²) in [7, 11) is -4.14. The van der Waals surface area contributed by atoms with Gasteiger partial charge in [0.05, 0.1) is 59.5 Å². The van der Waals surface area contributed by atoms with E-state index in [0.29, 0.717) is 39.6 Å². The lowest BCUT2D eigenvalue weighted by Crippen LogP contribution is -2.32. The predicted octanol–water partition coefficient (Wildman–Crippen LogP) is 7.15. The topological polar surface area (TPSA) is 95.9 Å². The molecule has 0 aromatic rings. The first-order valence-corrected chi connectivity index (χ1v) is 18.3. The van der Waals surface area contributed by atoms with Gasteiger partial charge in [0.1, 0.15) is 6.10 Å². The highest BCUT2D eigenvalue weighted by molar-refractivity contribution is 7.47. The summed E-state index contributed by atoms with van der Waals surface area (Å²) in [6.07, 6.45) is 19.2. The van der Waals surface area contributed by atoms with Gasteiger partial charge in [-0.1, -0.05) is 104 Å². The van der Waals surface area contributed by atoms with Gasteiger partial charge >= 0.3 is 7.82 Å². The molecule has 2 atom stereocenters. The van der Waals surface area contributed by atoms with E-state index in [4.69, 9.17) is 28.0 Å². The molecule has 1 heterocycles. The van der Waals surface area contributed by atoms with Crippen LogP contribution in [-0.2, 0) is 32.6 Å². The lowest BCUT2D eigenvalue weighted by atomic mass is 10.1. The maximum Gasteiger partial charge on any atom is 0.472 e. The molecule has 41 heavy (non-hydrogen) atoms. The number of unbranched alkanes of at least 4 members (excludes halogenated alkanes) is 14. The van der Waals surface area contributed by atoms with Gasteiger partial charge in [-0.2, -0.15) is 0 Å². The van der Waals surface area contributed by atoms with Crippen LogP contribution in [0.5, 0.6) is 0 Å². The molecule has 1 saturated heterocycles. The average Bonchev–Trinajstić information content (AvgIpc) is 2.97. The largest absolute Gasteiger partial charge is 0.472 e. The Labute approximate surface area is 251 Å². The second kappa shape index (κ2) is 28.7. The molecule has 9 nitrogen and oxygen atoms in total. The Hall–Kier alpha value is -0.0900. The van der Waals surface area contributed by atoms with Crippen LogP contribution >= 0.6 is 7.82 Å². The first-order valence-electron chi connectivity index (χ1n) is 16.8. The molecule has 0 bridgehead atoms. The molecule has 0 amide bonds. The number of rotatable bonds is 22. The predicted molar refractivity (Wildman–Crippen MR) is 166 cm³/mol. The smallest absolute Gasteiger partial charge is 0.378 e. The third kappa shape index (κ3) is 26.1. The van der Waals surface area contributed by atoms with Gasteiger partial charge in [-0.3, -0.25) is 13.9 Å². The van der Waals surface area contributed by atoms with E-state index in [9.17, 15) is 9.46 Å². The molecule has 0 aliphatic carbocycles. The summed E-state index contributed by atoms with van der Waals surface area (Å²) in [6, 6.07) is 0. The molecule has 0 radical (unpaired) electrons. The first-order chi connectivity index (χ1) is 20.1. The number of nitrogens with zero attached hydrogens (tertiary/aromatic N) is 1.